The number of amides is 2. The molecular weight excluding hydrogens is 438 g/mol. The zero-order valence-corrected chi connectivity index (χ0v) is 18.7. The van der Waals surface area contributed by atoms with Crippen molar-refractivity contribution in [3.8, 4) is 0 Å². The summed E-state index contributed by atoms with van der Waals surface area (Å²) >= 11 is 6.13. The molecule has 1 heterocycles. The lowest BCUT2D eigenvalue weighted by molar-refractivity contribution is -0.116. The van der Waals surface area contributed by atoms with E-state index in [0.717, 1.165) is 11.1 Å². The van der Waals surface area contributed by atoms with E-state index in [1.807, 2.05) is 37.3 Å². The van der Waals surface area contributed by atoms with Gasteiger partial charge in [-0.25, -0.2) is 0 Å². The minimum atomic E-state index is -0.434. The number of rotatable bonds is 6. The zero-order valence-electron chi connectivity index (χ0n) is 18.0. The van der Waals surface area contributed by atoms with Crippen LogP contribution in [0.5, 0.6) is 0 Å². The molecule has 33 heavy (non-hydrogen) atoms. The third-order valence-corrected chi connectivity index (χ3v) is 5.81. The van der Waals surface area contributed by atoms with Crippen LogP contribution in [0.1, 0.15) is 21.5 Å². The average molecular weight is 460 g/mol. The molecule has 0 aliphatic carbocycles. The molecule has 0 aliphatic rings. The molecule has 4 aromatic rings. The predicted octanol–water partition coefficient (Wildman–Crippen LogP) is 4.53. The number of carbonyl (C=O) groups excluding carboxylic acids is 2. The van der Waals surface area contributed by atoms with Crippen LogP contribution < -0.4 is 16.2 Å². The smallest absolute Gasteiger partial charge is 0.252 e. The first-order valence-corrected chi connectivity index (χ1v) is 10.8. The normalized spacial score (nSPS) is 10.7. The van der Waals surface area contributed by atoms with Crippen LogP contribution in [0.2, 0.25) is 5.02 Å². The molecule has 0 bridgehead atoms. The molecular formula is C26H22ClN3O3. The number of para-hydroxylation sites is 1. The molecule has 2 amide bonds. The minimum absolute atomic E-state index is 0.197. The molecule has 0 aliphatic heterocycles. The van der Waals surface area contributed by atoms with Crippen LogP contribution in [0.4, 0.5) is 5.69 Å². The van der Waals surface area contributed by atoms with Crippen molar-refractivity contribution in [2.75, 3.05) is 5.32 Å². The Morgan fingerprint density at radius 2 is 1.67 bits per heavy atom. The number of nitrogens with one attached hydrogen (secondary N) is 2. The van der Waals surface area contributed by atoms with Crippen molar-refractivity contribution >= 4 is 40.0 Å². The van der Waals surface area contributed by atoms with Gasteiger partial charge in [0.1, 0.15) is 6.54 Å². The average Bonchev–Trinajstić information content (AvgIpc) is 2.82. The zero-order chi connectivity index (χ0) is 23.4. The number of hydrogen-bond donors (Lipinski definition) is 2. The number of nitrogens with zero attached hydrogens (tertiary/aromatic N) is 1. The summed E-state index contributed by atoms with van der Waals surface area (Å²) in [6.45, 7) is 1.96. The highest BCUT2D eigenvalue weighted by Gasteiger charge is 2.16. The highest BCUT2D eigenvalue weighted by atomic mass is 35.5. The van der Waals surface area contributed by atoms with Gasteiger partial charge < -0.3 is 10.6 Å². The van der Waals surface area contributed by atoms with E-state index in [9.17, 15) is 14.4 Å². The molecule has 3 aromatic carbocycles. The van der Waals surface area contributed by atoms with Crippen molar-refractivity contribution in [1.29, 1.82) is 0 Å². The fourth-order valence-corrected chi connectivity index (χ4v) is 3.81. The lowest BCUT2D eigenvalue weighted by atomic mass is 10.1. The Morgan fingerprint density at radius 1 is 0.939 bits per heavy atom. The summed E-state index contributed by atoms with van der Waals surface area (Å²) in [6, 6.07) is 23.1. The van der Waals surface area contributed by atoms with E-state index in [0.29, 0.717) is 28.2 Å². The van der Waals surface area contributed by atoms with Crippen LogP contribution in [0.3, 0.4) is 0 Å². The molecule has 0 radical (unpaired) electrons. The first kappa shape index (κ1) is 22.3. The summed E-state index contributed by atoms with van der Waals surface area (Å²) in [4.78, 5) is 38.5. The van der Waals surface area contributed by atoms with E-state index >= 15 is 0 Å². The van der Waals surface area contributed by atoms with Crippen molar-refractivity contribution < 1.29 is 9.59 Å². The molecule has 1 aromatic heterocycles. The summed E-state index contributed by atoms with van der Waals surface area (Å²) in [5.74, 6) is -0.716. The Hall–Kier alpha value is -3.90. The van der Waals surface area contributed by atoms with E-state index in [1.165, 1.54) is 10.6 Å². The highest BCUT2D eigenvalue weighted by Crippen LogP contribution is 2.23. The van der Waals surface area contributed by atoms with Crippen LogP contribution in [0.25, 0.3) is 10.9 Å². The molecule has 7 heteroatoms. The van der Waals surface area contributed by atoms with Gasteiger partial charge in [0, 0.05) is 28.7 Å². The SMILES string of the molecule is Cc1c(Cl)cccc1NC(=O)Cn1c(=O)cc(C(=O)NCc2ccccc2)c2ccccc21. The van der Waals surface area contributed by atoms with E-state index in [-0.39, 0.29) is 23.9 Å². The number of aromatic nitrogens is 1. The van der Waals surface area contributed by atoms with Gasteiger partial charge in [0.25, 0.3) is 11.5 Å². The van der Waals surface area contributed by atoms with Gasteiger partial charge in [-0.2, -0.15) is 0 Å². The molecule has 2 N–H and O–H groups in total. The number of fused-ring (bicyclic) bond motifs is 1. The Bertz CT molecular complexity index is 1400. The number of anilines is 1. The van der Waals surface area contributed by atoms with Gasteiger partial charge in [-0.3, -0.25) is 19.0 Å². The van der Waals surface area contributed by atoms with Gasteiger partial charge in [0.05, 0.1) is 11.1 Å². The third-order valence-electron chi connectivity index (χ3n) is 5.40. The second-order valence-corrected chi connectivity index (χ2v) is 8.04. The second-order valence-electron chi connectivity index (χ2n) is 7.63. The van der Waals surface area contributed by atoms with E-state index < -0.39 is 5.56 Å². The van der Waals surface area contributed by atoms with Gasteiger partial charge in [0.2, 0.25) is 5.91 Å². The molecule has 166 valence electrons. The maximum absolute atomic E-state index is 12.9. The van der Waals surface area contributed by atoms with E-state index in [4.69, 9.17) is 11.6 Å². The van der Waals surface area contributed by atoms with Crippen molar-refractivity contribution in [3.05, 3.63) is 111 Å². The molecule has 0 spiro atoms. The van der Waals surface area contributed by atoms with Crippen molar-refractivity contribution in [1.82, 2.24) is 9.88 Å². The fraction of sp³-hybridized carbons (Fsp3) is 0.115. The monoisotopic (exact) mass is 459 g/mol. The van der Waals surface area contributed by atoms with Crippen molar-refractivity contribution in [2.24, 2.45) is 0 Å². The lowest BCUT2D eigenvalue weighted by Crippen LogP contribution is -2.30. The largest absolute Gasteiger partial charge is 0.348 e. The fourth-order valence-electron chi connectivity index (χ4n) is 3.64. The first-order chi connectivity index (χ1) is 15.9. The highest BCUT2D eigenvalue weighted by molar-refractivity contribution is 6.31. The maximum atomic E-state index is 12.9. The Kier molecular flexibility index (Phi) is 6.56. The Balaban J connectivity index is 1.61. The topological polar surface area (TPSA) is 80.2 Å². The van der Waals surface area contributed by atoms with Crippen LogP contribution in [0.15, 0.2) is 83.7 Å². The standard InChI is InChI=1S/C26H22ClN3O3/c1-17-21(27)11-7-12-22(17)29-24(31)16-30-23-13-6-5-10-19(23)20(14-25(30)32)26(33)28-15-18-8-3-2-4-9-18/h2-14H,15-16H2,1H3,(H,28,33)(H,29,31). The molecule has 0 saturated heterocycles. The summed E-state index contributed by atoms with van der Waals surface area (Å²) in [5, 5.41) is 6.80. The Labute approximate surface area is 195 Å². The molecule has 6 nitrogen and oxygen atoms in total. The van der Waals surface area contributed by atoms with Crippen LogP contribution in [-0.4, -0.2) is 16.4 Å². The number of pyridine rings is 1. The van der Waals surface area contributed by atoms with Crippen LogP contribution in [0, 0.1) is 6.92 Å². The van der Waals surface area contributed by atoms with Gasteiger partial charge in [-0.1, -0.05) is 66.2 Å². The van der Waals surface area contributed by atoms with Gasteiger partial charge >= 0.3 is 0 Å². The lowest BCUT2D eigenvalue weighted by Gasteiger charge is -2.14. The second kappa shape index (κ2) is 9.71. The number of benzene rings is 3. The summed E-state index contributed by atoms with van der Waals surface area (Å²) in [7, 11) is 0. The summed E-state index contributed by atoms with van der Waals surface area (Å²) in [6.07, 6.45) is 0. The minimum Gasteiger partial charge on any atom is -0.348 e. The first-order valence-electron chi connectivity index (χ1n) is 10.4. The number of hydrogen-bond acceptors (Lipinski definition) is 3. The maximum Gasteiger partial charge on any atom is 0.252 e. The van der Waals surface area contributed by atoms with Crippen LogP contribution in [-0.2, 0) is 17.9 Å². The van der Waals surface area contributed by atoms with Crippen LogP contribution >= 0.6 is 11.6 Å². The molecule has 0 fully saturated rings. The van der Waals surface area contributed by atoms with Crippen molar-refractivity contribution in [3.63, 3.8) is 0 Å². The molecule has 4 rings (SSSR count). The summed E-state index contributed by atoms with van der Waals surface area (Å²) < 4.78 is 1.36. The van der Waals surface area contributed by atoms with Gasteiger partial charge in [-0.15, -0.1) is 0 Å². The molecule has 0 unspecified atom stereocenters. The van der Waals surface area contributed by atoms with E-state index in [1.54, 1.807) is 42.5 Å². The molecule has 0 saturated carbocycles. The summed E-state index contributed by atoms with van der Waals surface area (Å²) in [5.41, 5.74) is 2.63. The van der Waals surface area contributed by atoms with Gasteiger partial charge in [-0.05, 0) is 36.2 Å². The van der Waals surface area contributed by atoms with E-state index in [2.05, 4.69) is 10.6 Å². The third kappa shape index (κ3) is 4.96. The van der Waals surface area contributed by atoms with Crippen molar-refractivity contribution in [2.45, 2.75) is 20.0 Å². The number of halogens is 1. The Morgan fingerprint density at radius 3 is 2.45 bits per heavy atom. The van der Waals surface area contributed by atoms with Gasteiger partial charge in [0.15, 0.2) is 0 Å². The number of carbonyl (C=O) groups is 2. The quantitative estimate of drug-likeness (QED) is 0.444. The predicted molar refractivity (Wildman–Crippen MR) is 131 cm³/mol. The molecule has 0 atom stereocenters.